The number of hydrogen-bond acceptors (Lipinski definition) is 2. The first-order valence-electron chi connectivity index (χ1n) is 4.83. The average molecular weight is 195 g/mol. The molecular weight excluding hydrogens is 178 g/mol. The van der Waals surface area contributed by atoms with E-state index in [1.165, 1.54) is 0 Å². The van der Waals surface area contributed by atoms with Crippen molar-refractivity contribution in [3.8, 4) is 0 Å². The van der Waals surface area contributed by atoms with Crippen molar-refractivity contribution in [3.05, 3.63) is 18.0 Å². The van der Waals surface area contributed by atoms with Gasteiger partial charge in [0.15, 0.2) is 0 Å². The molecule has 0 radical (unpaired) electrons. The highest BCUT2D eigenvalue weighted by molar-refractivity contribution is 5.79. The summed E-state index contributed by atoms with van der Waals surface area (Å²) in [6.45, 7) is 7.63. The van der Waals surface area contributed by atoms with Gasteiger partial charge in [0.2, 0.25) is 5.91 Å². The molecule has 4 nitrogen and oxygen atoms in total. The molecule has 1 atom stereocenters. The van der Waals surface area contributed by atoms with Gasteiger partial charge in [0.25, 0.3) is 0 Å². The van der Waals surface area contributed by atoms with Crippen LogP contribution in [-0.4, -0.2) is 21.7 Å². The van der Waals surface area contributed by atoms with E-state index in [4.69, 9.17) is 0 Å². The first-order chi connectivity index (χ1) is 6.50. The summed E-state index contributed by atoms with van der Waals surface area (Å²) in [5, 5.41) is 7.05. The molecule has 1 N–H and O–H groups in total. The second kappa shape index (κ2) is 4.26. The zero-order chi connectivity index (χ0) is 10.7. The fourth-order valence-electron chi connectivity index (χ4n) is 1.17. The Balaban J connectivity index is 2.65. The maximum Gasteiger partial charge on any atom is 0.244 e. The minimum Gasteiger partial charge on any atom is -0.352 e. The number of aryl methyl sites for hydroxylation is 1. The molecule has 0 saturated carbocycles. The van der Waals surface area contributed by atoms with E-state index in [9.17, 15) is 4.79 Å². The van der Waals surface area contributed by atoms with Crippen LogP contribution in [0.2, 0.25) is 0 Å². The van der Waals surface area contributed by atoms with Gasteiger partial charge in [0.1, 0.15) is 6.04 Å². The van der Waals surface area contributed by atoms with E-state index < -0.39 is 0 Å². The van der Waals surface area contributed by atoms with E-state index in [0.29, 0.717) is 0 Å². The molecule has 0 bridgehead atoms. The van der Waals surface area contributed by atoms with E-state index in [2.05, 4.69) is 10.4 Å². The Bertz CT molecular complexity index is 317. The third-order valence-electron chi connectivity index (χ3n) is 1.95. The molecular formula is C10H17N3O. The minimum atomic E-state index is -0.244. The van der Waals surface area contributed by atoms with Crippen LogP contribution in [0.15, 0.2) is 12.3 Å². The topological polar surface area (TPSA) is 46.9 Å². The van der Waals surface area contributed by atoms with Gasteiger partial charge in [0, 0.05) is 12.2 Å². The number of nitrogens with zero attached hydrogens (tertiary/aromatic N) is 2. The predicted molar refractivity (Wildman–Crippen MR) is 55.0 cm³/mol. The molecule has 0 aromatic carbocycles. The molecule has 1 aromatic heterocycles. The lowest BCUT2D eigenvalue weighted by molar-refractivity contribution is -0.124. The summed E-state index contributed by atoms with van der Waals surface area (Å²) in [6, 6.07) is 1.81. The summed E-state index contributed by atoms with van der Waals surface area (Å²) in [4.78, 5) is 11.6. The smallest absolute Gasteiger partial charge is 0.244 e. The average Bonchev–Trinajstić information content (AvgIpc) is 2.49. The van der Waals surface area contributed by atoms with E-state index in [1.807, 2.05) is 40.0 Å². The Labute approximate surface area is 84.3 Å². The Kier molecular flexibility index (Phi) is 3.28. The standard InChI is InChI=1S/C10H17N3O/c1-7(2)11-10(14)9(4)13-6-5-8(3)12-13/h5-7,9H,1-4H3,(H,11,14). The van der Waals surface area contributed by atoms with Gasteiger partial charge in [-0.15, -0.1) is 0 Å². The number of carbonyl (C=O) groups excluding carboxylic acids is 1. The lowest BCUT2D eigenvalue weighted by atomic mass is 10.3. The van der Waals surface area contributed by atoms with Gasteiger partial charge >= 0.3 is 0 Å². The molecule has 1 heterocycles. The van der Waals surface area contributed by atoms with Gasteiger partial charge in [0.05, 0.1) is 5.69 Å². The Morgan fingerprint density at radius 3 is 2.57 bits per heavy atom. The van der Waals surface area contributed by atoms with Crippen molar-refractivity contribution in [2.75, 3.05) is 0 Å². The third kappa shape index (κ3) is 2.58. The van der Waals surface area contributed by atoms with Gasteiger partial charge in [-0.1, -0.05) is 0 Å². The summed E-state index contributed by atoms with van der Waals surface area (Å²) < 4.78 is 1.67. The van der Waals surface area contributed by atoms with Crippen LogP contribution in [0.25, 0.3) is 0 Å². The quantitative estimate of drug-likeness (QED) is 0.789. The maximum atomic E-state index is 11.6. The first-order valence-corrected chi connectivity index (χ1v) is 4.83. The highest BCUT2D eigenvalue weighted by Gasteiger charge is 2.15. The summed E-state index contributed by atoms with van der Waals surface area (Å²) in [5.41, 5.74) is 0.925. The summed E-state index contributed by atoms with van der Waals surface area (Å²) >= 11 is 0. The molecule has 0 fully saturated rings. The van der Waals surface area contributed by atoms with E-state index >= 15 is 0 Å². The summed E-state index contributed by atoms with van der Waals surface area (Å²) in [7, 11) is 0. The number of nitrogens with one attached hydrogen (secondary N) is 1. The number of rotatable bonds is 3. The van der Waals surface area contributed by atoms with Gasteiger partial charge < -0.3 is 5.32 Å². The van der Waals surface area contributed by atoms with Crippen molar-refractivity contribution >= 4 is 5.91 Å². The lowest BCUT2D eigenvalue weighted by Gasteiger charge is -2.14. The number of aromatic nitrogens is 2. The van der Waals surface area contributed by atoms with Crippen molar-refractivity contribution in [2.24, 2.45) is 0 Å². The van der Waals surface area contributed by atoms with Gasteiger partial charge in [-0.25, -0.2) is 0 Å². The third-order valence-corrected chi connectivity index (χ3v) is 1.95. The van der Waals surface area contributed by atoms with Crippen molar-refractivity contribution in [1.82, 2.24) is 15.1 Å². The molecule has 1 amide bonds. The van der Waals surface area contributed by atoms with Crippen LogP contribution < -0.4 is 5.32 Å². The van der Waals surface area contributed by atoms with Crippen molar-refractivity contribution < 1.29 is 4.79 Å². The first kappa shape index (κ1) is 10.8. The second-order valence-corrected chi connectivity index (χ2v) is 3.78. The van der Waals surface area contributed by atoms with E-state index in [1.54, 1.807) is 4.68 Å². The molecule has 1 rings (SSSR count). The molecule has 0 spiro atoms. The predicted octanol–water partition coefficient (Wildman–Crippen LogP) is 1.28. The lowest BCUT2D eigenvalue weighted by Crippen LogP contribution is -2.35. The van der Waals surface area contributed by atoms with Gasteiger partial charge in [-0.05, 0) is 33.8 Å². The van der Waals surface area contributed by atoms with Gasteiger partial charge in [-0.2, -0.15) is 5.10 Å². The monoisotopic (exact) mass is 195 g/mol. The van der Waals surface area contributed by atoms with Crippen LogP contribution in [0, 0.1) is 6.92 Å². The van der Waals surface area contributed by atoms with Gasteiger partial charge in [-0.3, -0.25) is 9.48 Å². The van der Waals surface area contributed by atoms with Crippen molar-refractivity contribution in [2.45, 2.75) is 39.8 Å². The Morgan fingerprint density at radius 1 is 1.50 bits per heavy atom. The molecule has 0 saturated heterocycles. The largest absolute Gasteiger partial charge is 0.352 e. The Hall–Kier alpha value is -1.32. The van der Waals surface area contributed by atoms with E-state index in [-0.39, 0.29) is 18.0 Å². The summed E-state index contributed by atoms with van der Waals surface area (Å²) in [5.74, 6) is 0.00287. The highest BCUT2D eigenvalue weighted by Crippen LogP contribution is 2.05. The van der Waals surface area contributed by atoms with Crippen molar-refractivity contribution in [3.63, 3.8) is 0 Å². The number of hydrogen-bond donors (Lipinski definition) is 1. The fourth-order valence-corrected chi connectivity index (χ4v) is 1.17. The van der Waals surface area contributed by atoms with Crippen LogP contribution in [0.1, 0.15) is 32.5 Å². The number of amides is 1. The fraction of sp³-hybridized carbons (Fsp3) is 0.600. The van der Waals surface area contributed by atoms with Crippen LogP contribution in [0.3, 0.4) is 0 Å². The zero-order valence-corrected chi connectivity index (χ0v) is 9.11. The second-order valence-electron chi connectivity index (χ2n) is 3.78. The molecule has 0 aliphatic heterocycles. The minimum absolute atomic E-state index is 0.00287. The maximum absolute atomic E-state index is 11.6. The summed E-state index contributed by atoms with van der Waals surface area (Å²) in [6.07, 6.45) is 1.82. The molecule has 1 unspecified atom stereocenters. The van der Waals surface area contributed by atoms with Crippen molar-refractivity contribution in [1.29, 1.82) is 0 Å². The van der Waals surface area contributed by atoms with Crippen LogP contribution >= 0.6 is 0 Å². The normalized spacial score (nSPS) is 12.9. The molecule has 4 heteroatoms. The molecule has 14 heavy (non-hydrogen) atoms. The molecule has 78 valence electrons. The van der Waals surface area contributed by atoms with Crippen LogP contribution in [0.4, 0.5) is 0 Å². The molecule has 1 aromatic rings. The van der Waals surface area contributed by atoms with Crippen LogP contribution in [0.5, 0.6) is 0 Å². The Morgan fingerprint density at radius 2 is 2.14 bits per heavy atom. The highest BCUT2D eigenvalue weighted by atomic mass is 16.2. The number of carbonyl (C=O) groups is 1. The SMILES string of the molecule is Cc1ccn(C(C)C(=O)NC(C)C)n1. The molecule has 0 aliphatic rings. The van der Waals surface area contributed by atoms with Crippen LogP contribution in [-0.2, 0) is 4.79 Å². The van der Waals surface area contributed by atoms with E-state index in [0.717, 1.165) is 5.69 Å². The zero-order valence-electron chi connectivity index (χ0n) is 9.11. The molecule has 0 aliphatic carbocycles.